The van der Waals surface area contributed by atoms with E-state index in [0.29, 0.717) is 37.9 Å². The van der Waals surface area contributed by atoms with Gasteiger partial charge in [-0.2, -0.15) is 0 Å². The number of hydrogen-bond donors (Lipinski definition) is 2. The topological polar surface area (TPSA) is 92.5 Å². The molecule has 2 aliphatic rings. The van der Waals surface area contributed by atoms with Gasteiger partial charge in [0.25, 0.3) is 5.91 Å². The Bertz CT molecular complexity index is 596. The summed E-state index contributed by atoms with van der Waals surface area (Å²) in [4.78, 5) is 38.3. The second-order valence-electron chi connectivity index (χ2n) is 5.01. The molecule has 3 N–H and O–H groups in total. The standard InChI is InChI=1S/C13H15N3O3S/c14-4-10-7-5-16(13(19)8(7)6-20-10)9-2-1-3-11(17)15-12(9)18/h6,9H,1-5,14H2,(H,15,17,18)/t9-/m0/s1. The van der Waals surface area contributed by atoms with Crippen LogP contribution in [0.1, 0.15) is 40.1 Å². The first-order valence-corrected chi connectivity index (χ1v) is 7.43. The van der Waals surface area contributed by atoms with Crippen molar-refractivity contribution in [2.45, 2.75) is 38.4 Å². The van der Waals surface area contributed by atoms with Crippen molar-refractivity contribution in [2.75, 3.05) is 0 Å². The lowest BCUT2D eigenvalue weighted by molar-refractivity contribution is -0.132. The van der Waals surface area contributed by atoms with Gasteiger partial charge >= 0.3 is 0 Å². The lowest BCUT2D eigenvalue weighted by Crippen LogP contribution is -2.47. The maximum atomic E-state index is 12.4. The second-order valence-corrected chi connectivity index (χ2v) is 5.97. The van der Waals surface area contributed by atoms with E-state index in [1.807, 2.05) is 0 Å². The zero-order valence-corrected chi connectivity index (χ0v) is 11.7. The van der Waals surface area contributed by atoms with Crippen molar-refractivity contribution < 1.29 is 14.4 Å². The largest absolute Gasteiger partial charge is 0.326 e. The van der Waals surface area contributed by atoms with Crippen LogP contribution in [0.2, 0.25) is 0 Å². The molecule has 6 nitrogen and oxygen atoms in total. The van der Waals surface area contributed by atoms with E-state index in [2.05, 4.69) is 5.32 Å². The number of thiophene rings is 1. The van der Waals surface area contributed by atoms with Crippen molar-refractivity contribution >= 4 is 29.1 Å². The summed E-state index contributed by atoms with van der Waals surface area (Å²) in [6, 6.07) is -0.558. The van der Waals surface area contributed by atoms with Crippen LogP contribution in [0, 0.1) is 0 Å². The molecule has 0 bridgehead atoms. The van der Waals surface area contributed by atoms with E-state index in [0.717, 1.165) is 10.4 Å². The molecule has 1 aromatic heterocycles. The third kappa shape index (κ3) is 2.03. The number of carbonyl (C=O) groups is 3. The molecule has 2 aliphatic heterocycles. The molecule has 106 valence electrons. The summed E-state index contributed by atoms with van der Waals surface area (Å²) in [5.41, 5.74) is 7.25. The number of nitrogens with one attached hydrogen (secondary N) is 1. The van der Waals surface area contributed by atoms with Crippen molar-refractivity contribution in [1.82, 2.24) is 10.2 Å². The Morgan fingerprint density at radius 3 is 2.95 bits per heavy atom. The Kier molecular flexibility index (Phi) is 3.31. The fourth-order valence-electron chi connectivity index (χ4n) is 2.76. The Balaban J connectivity index is 1.86. The molecular weight excluding hydrogens is 278 g/mol. The fraction of sp³-hybridized carbons (Fsp3) is 0.462. The van der Waals surface area contributed by atoms with Crippen molar-refractivity contribution in [2.24, 2.45) is 5.73 Å². The Labute approximate surface area is 119 Å². The number of hydrogen-bond acceptors (Lipinski definition) is 5. The lowest BCUT2D eigenvalue weighted by Gasteiger charge is -2.25. The molecule has 3 rings (SSSR count). The highest BCUT2D eigenvalue weighted by Crippen LogP contribution is 2.33. The van der Waals surface area contributed by atoms with E-state index in [1.54, 1.807) is 10.3 Å². The second kappa shape index (κ2) is 4.99. The third-order valence-electron chi connectivity index (χ3n) is 3.81. The molecule has 3 amide bonds. The van der Waals surface area contributed by atoms with Gasteiger partial charge in [0.2, 0.25) is 11.8 Å². The zero-order chi connectivity index (χ0) is 14.3. The van der Waals surface area contributed by atoms with Crippen LogP contribution in [-0.2, 0) is 22.7 Å². The molecular formula is C13H15N3O3S. The summed E-state index contributed by atoms with van der Waals surface area (Å²) in [5, 5.41) is 4.15. The highest BCUT2D eigenvalue weighted by molar-refractivity contribution is 7.10. The van der Waals surface area contributed by atoms with Crippen LogP contribution in [0.25, 0.3) is 0 Å². The summed E-state index contributed by atoms with van der Waals surface area (Å²) in [7, 11) is 0. The number of imide groups is 1. The van der Waals surface area contributed by atoms with E-state index < -0.39 is 6.04 Å². The minimum Gasteiger partial charge on any atom is -0.326 e. The quantitative estimate of drug-likeness (QED) is 0.770. The van der Waals surface area contributed by atoms with Gasteiger partial charge in [0.1, 0.15) is 6.04 Å². The molecule has 1 fully saturated rings. The molecule has 0 aliphatic carbocycles. The number of amides is 3. The highest BCUT2D eigenvalue weighted by Gasteiger charge is 2.39. The lowest BCUT2D eigenvalue weighted by atomic mass is 10.1. The van der Waals surface area contributed by atoms with E-state index >= 15 is 0 Å². The summed E-state index contributed by atoms with van der Waals surface area (Å²) in [6.45, 7) is 0.812. The Morgan fingerprint density at radius 2 is 2.20 bits per heavy atom. The van der Waals surface area contributed by atoms with Crippen LogP contribution < -0.4 is 11.1 Å². The smallest absolute Gasteiger partial charge is 0.256 e. The predicted octanol–water partition coefficient (Wildman–Crippen LogP) is 0.358. The zero-order valence-electron chi connectivity index (χ0n) is 10.8. The van der Waals surface area contributed by atoms with Crippen molar-refractivity contribution in [1.29, 1.82) is 0 Å². The molecule has 7 heteroatoms. The van der Waals surface area contributed by atoms with Gasteiger partial charge in [-0.25, -0.2) is 0 Å². The summed E-state index contributed by atoms with van der Waals surface area (Å²) in [5.74, 6) is -0.768. The molecule has 0 spiro atoms. The summed E-state index contributed by atoms with van der Waals surface area (Å²) in [6.07, 6.45) is 1.47. The first-order chi connectivity index (χ1) is 9.61. The molecule has 0 aromatic carbocycles. The van der Waals surface area contributed by atoms with Gasteiger partial charge in [0.15, 0.2) is 0 Å². The van der Waals surface area contributed by atoms with Crippen LogP contribution in [-0.4, -0.2) is 28.7 Å². The van der Waals surface area contributed by atoms with Crippen molar-refractivity contribution in [3.63, 3.8) is 0 Å². The minimum absolute atomic E-state index is 0.134. The van der Waals surface area contributed by atoms with Gasteiger partial charge < -0.3 is 10.6 Å². The summed E-state index contributed by atoms with van der Waals surface area (Å²) >= 11 is 1.48. The van der Waals surface area contributed by atoms with E-state index in [1.165, 1.54) is 11.3 Å². The Morgan fingerprint density at radius 1 is 1.40 bits per heavy atom. The van der Waals surface area contributed by atoms with Gasteiger partial charge in [-0.1, -0.05) is 0 Å². The predicted molar refractivity (Wildman–Crippen MR) is 72.9 cm³/mol. The average molecular weight is 293 g/mol. The maximum absolute atomic E-state index is 12.4. The molecule has 1 atom stereocenters. The molecule has 1 aromatic rings. The number of fused-ring (bicyclic) bond motifs is 1. The van der Waals surface area contributed by atoms with E-state index in [-0.39, 0.29) is 17.7 Å². The molecule has 20 heavy (non-hydrogen) atoms. The number of nitrogens with two attached hydrogens (primary N) is 1. The Hall–Kier alpha value is -1.73. The van der Waals surface area contributed by atoms with Gasteiger partial charge in [-0.3, -0.25) is 19.7 Å². The van der Waals surface area contributed by atoms with Gasteiger partial charge in [-0.05, 0) is 18.4 Å². The molecule has 0 radical (unpaired) electrons. The third-order valence-corrected chi connectivity index (χ3v) is 4.86. The van der Waals surface area contributed by atoms with E-state index in [9.17, 15) is 14.4 Å². The molecule has 3 heterocycles. The minimum atomic E-state index is -0.558. The maximum Gasteiger partial charge on any atom is 0.256 e. The normalized spacial score (nSPS) is 22.8. The van der Waals surface area contributed by atoms with Crippen LogP contribution in [0.3, 0.4) is 0 Å². The van der Waals surface area contributed by atoms with E-state index in [4.69, 9.17) is 5.73 Å². The van der Waals surface area contributed by atoms with Gasteiger partial charge in [-0.15, -0.1) is 11.3 Å². The van der Waals surface area contributed by atoms with Gasteiger partial charge in [0.05, 0.1) is 5.56 Å². The molecule has 1 saturated heterocycles. The van der Waals surface area contributed by atoms with Crippen LogP contribution in [0.4, 0.5) is 0 Å². The monoisotopic (exact) mass is 293 g/mol. The average Bonchev–Trinajstić information content (AvgIpc) is 2.90. The highest BCUT2D eigenvalue weighted by atomic mass is 32.1. The number of carbonyl (C=O) groups excluding carboxylic acids is 3. The number of nitrogens with zero attached hydrogens (tertiary/aromatic N) is 1. The first-order valence-electron chi connectivity index (χ1n) is 6.55. The first kappa shape index (κ1) is 13.3. The van der Waals surface area contributed by atoms with Crippen LogP contribution in [0.5, 0.6) is 0 Å². The number of rotatable bonds is 2. The fourth-order valence-corrected chi connectivity index (χ4v) is 3.68. The van der Waals surface area contributed by atoms with Crippen molar-refractivity contribution in [3.8, 4) is 0 Å². The summed E-state index contributed by atoms with van der Waals surface area (Å²) < 4.78 is 0. The SMILES string of the molecule is NCc1scc2c1CN([C@H]1CCCC(=O)NC1=O)C2=O. The van der Waals surface area contributed by atoms with Gasteiger partial charge in [0, 0.05) is 29.8 Å². The molecule has 0 saturated carbocycles. The molecule has 0 unspecified atom stereocenters. The van der Waals surface area contributed by atoms with Crippen molar-refractivity contribution in [3.05, 3.63) is 21.4 Å². The van der Waals surface area contributed by atoms with Crippen LogP contribution >= 0.6 is 11.3 Å². The van der Waals surface area contributed by atoms with Crippen LogP contribution in [0.15, 0.2) is 5.38 Å².